The van der Waals surface area contributed by atoms with E-state index in [1.807, 2.05) is 6.92 Å². The maximum Gasteiger partial charge on any atom is 0.333 e. The lowest BCUT2D eigenvalue weighted by Gasteiger charge is -2.22. The van der Waals surface area contributed by atoms with Gasteiger partial charge in [0.1, 0.15) is 0 Å². The maximum atomic E-state index is 11.3. The number of carbonyl (C=O) groups excluding carboxylic acids is 1. The second-order valence-electron chi connectivity index (χ2n) is 4.10. The molecule has 0 saturated carbocycles. The minimum Gasteiger partial charge on any atom is -0.466 e. The second kappa shape index (κ2) is 8.25. The summed E-state index contributed by atoms with van der Waals surface area (Å²) in [5.74, 6) is -0.273. The Morgan fingerprint density at radius 3 is 2.88 bits per heavy atom. The van der Waals surface area contributed by atoms with Gasteiger partial charge in [-0.3, -0.25) is 0 Å². The molecule has 0 aromatic carbocycles. The molecule has 0 bridgehead atoms. The molecule has 0 spiro atoms. The van der Waals surface area contributed by atoms with E-state index >= 15 is 0 Å². The van der Waals surface area contributed by atoms with Gasteiger partial charge in [0.2, 0.25) is 0 Å². The standard InChI is InChI=1S/C13H22O4/c1-3-11(13(14)15-2)7-9-16-10-12-6-4-5-8-17-12/h7,12H,3-6,8-10H2,1-2H3. The van der Waals surface area contributed by atoms with Crippen LogP contribution in [0.15, 0.2) is 11.6 Å². The third-order valence-corrected chi connectivity index (χ3v) is 2.85. The summed E-state index contributed by atoms with van der Waals surface area (Å²) in [6.45, 7) is 3.81. The van der Waals surface area contributed by atoms with E-state index in [0.717, 1.165) is 19.4 Å². The average Bonchev–Trinajstić information content (AvgIpc) is 2.39. The van der Waals surface area contributed by atoms with Crippen LogP contribution in [0.3, 0.4) is 0 Å². The molecule has 1 aliphatic heterocycles. The van der Waals surface area contributed by atoms with E-state index in [4.69, 9.17) is 9.47 Å². The zero-order valence-corrected chi connectivity index (χ0v) is 10.7. The Kier molecular flexibility index (Phi) is 6.89. The summed E-state index contributed by atoms with van der Waals surface area (Å²) in [6.07, 6.45) is 6.11. The highest BCUT2D eigenvalue weighted by Gasteiger charge is 2.13. The van der Waals surface area contributed by atoms with E-state index in [2.05, 4.69) is 4.74 Å². The summed E-state index contributed by atoms with van der Waals surface area (Å²) in [5.41, 5.74) is 0.664. The Labute approximate surface area is 103 Å². The van der Waals surface area contributed by atoms with Crippen LogP contribution in [-0.4, -0.2) is 39.0 Å². The monoisotopic (exact) mass is 242 g/mol. The van der Waals surface area contributed by atoms with Crippen LogP contribution in [0, 0.1) is 0 Å². The lowest BCUT2D eigenvalue weighted by atomic mass is 10.1. The molecule has 4 heteroatoms. The number of methoxy groups -OCH3 is 1. The van der Waals surface area contributed by atoms with Gasteiger partial charge >= 0.3 is 5.97 Å². The zero-order valence-electron chi connectivity index (χ0n) is 10.7. The molecule has 1 saturated heterocycles. The van der Waals surface area contributed by atoms with Gasteiger partial charge in [-0.25, -0.2) is 4.79 Å². The van der Waals surface area contributed by atoms with Crippen molar-refractivity contribution >= 4 is 5.97 Å². The number of ether oxygens (including phenoxy) is 3. The van der Waals surface area contributed by atoms with Crippen LogP contribution >= 0.6 is 0 Å². The van der Waals surface area contributed by atoms with Crippen LogP contribution in [-0.2, 0) is 19.0 Å². The SMILES string of the molecule is CCC(=CCOCC1CCCCO1)C(=O)OC. The number of esters is 1. The molecule has 1 aliphatic rings. The number of hydrogen-bond acceptors (Lipinski definition) is 4. The molecule has 1 rings (SSSR count). The highest BCUT2D eigenvalue weighted by Crippen LogP contribution is 2.12. The topological polar surface area (TPSA) is 44.8 Å². The van der Waals surface area contributed by atoms with Crippen molar-refractivity contribution < 1.29 is 19.0 Å². The molecule has 0 amide bonds. The molecule has 0 aromatic heterocycles. The molecule has 1 fully saturated rings. The predicted molar refractivity (Wildman–Crippen MR) is 64.8 cm³/mol. The van der Waals surface area contributed by atoms with Crippen LogP contribution in [0.25, 0.3) is 0 Å². The fourth-order valence-electron chi connectivity index (χ4n) is 1.80. The van der Waals surface area contributed by atoms with Crippen LogP contribution in [0.4, 0.5) is 0 Å². The smallest absolute Gasteiger partial charge is 0.333 e. The molecule has 98 valence electrons. The third kappa shape index (κ3) is 5.33. The summed E-state index contributed by atoms with van der Waals surface area (Å²) in [7, 11) is 1.39. The fourth-order valence-corrected chi connectivity index (χ4v) is 1.80. The highest BCUT2D eigenvalue weighted by atomic mass is 16.5. The van der Waals surface area contributed by atoms with E-state index in [-0.39, 0.29) is 12.1 Å². The summed E-state index contributed by atoms with van der Waals surface area (Å²) in [4.78, 5) is 11.3. The van der Waals surface area contributed by atoms with Crippen LogP contribution in [0.5, 0.6) is 0 Å². The Bertz CT molecular complexity index is 254. The third-order valence-electron chi connectivity index (χ3n) is 2.85. The summed E-state index contributed by atoms with van der Waals surface area (Å²) in [5, 5.41) is 0. The van der Waals surface area contributed by atoms with Crippen molar-refractivity contribution in [2.75, 3.05) is 26.9 Å². The van der Waals surface area contributed by atoms with Crippen molar-refractivity contribution in [1.29, 1.82) is 0 Å². The molecule has 0 aromatic rings. The van der Waals surface area contributed by atoms with Gasteiger partial charge in [-0.2, -0.15) is 0 Å². The Hall–Kier alpha value is -0.870. The van der Waals surface area contributed by atoms with Crippen molar-refractivity contribution in [3.05, 3.63) is 11.6 Å². The van der Waals surface area contributed by atoms with E-state index in [1.165, 1.54) is 13.5 Å². The van der Waals surface area contributed by atoms with Crippen molar-refractivity contribution in [1.82, 2.24) is 0 Å². The molecular weight excluding hydrogens is 220 g/mol. The first-order chi connectivity index (χ1) is 8.27. The quantitative estimate of drug-likeness (QED) is 0.406. The molecule has 1 atom stereocenters. The van der Waals surface area contributed by atoms with E-state index < -0.39 is 0 Å². The highest BCUT2D eigenvalue weighted by molar-refractivity contribution is 5.88. The first-order valence-electron chi connectivity index (χ1n) is 6.24. The van der Waals surface area contributed by atoms with Gasteiger partial charge in [0.05, 0.1) is 26.4 Å². The Balaban J connectivity index is 2.20. The number of hydrogen-bond donors (Lipinski definition) is 0. The van der Waals surface area contributed by atoms with Gasteiger partial charge in [-0.15, -0.1) is 0 Å². The molecule has 1 unspecified atom stereocenters. The summed E-state index contributed by atoms with van der Waals surface area (Å²) < 4.78 is 15.7. The summed E-state index contributed by atoms with van der Waals surface area (Å²) in [6, 6.07) is 0. The van der Waals surface area contributed by atoms with Crippen molar-refractivity contribution in [2.45, 2.75) is 38.7 Å². The van der Waals surface area contributed by atoms with E-state index in [1.54, 1.807) is 6.08 Å². The molecule has 0 N–H and O–H groups in total. The average molecular weight is 242 g/mol. The number of rotatable bonds is 6. The van der Waals surface area contributed by atoms with Gasteiger partial charge < -0.3 is 14.2 Å². The molecule has 17 heavy (non-hydrogen) atoms. The molecule has 1 heterocycles. The minimum atomic E-state index is -0.273. The van der Waals surface area contributed by atoms with Gasteiger partial charge in [-0.1, -0.05) is 6.92 Å². The first kappa shape index (κ1) is 14.2. The lowest BCUT2D eigenvalue weighted by Crippen LogP contribution is -2.24. The second-order valence-corrected chi connectivity index (χ2v) is 4.10. The van der Waals surface area contributed by atoms with Gasteiger partial charge in [0.15, 0.2) is 0 Å². The molecule has 0 aliphatic carbocycles. The summed E-state index contributed by atoms with van der Waals surface area (Å²) >= 11 is 0. The molecule has 0 radical (unpaired) electrons. The van der Waals surface area contributed by atoms with Crippen molar-refractivity contribution in [3.8, 4) is 0 Å². The van der Waals surface area contributed by atoms with Gasteiger partial charge in [0.25, 0.3) is 0 Å². The van der Waals surface area contributed by atoms with Gasteiger partial charge in [0, 0.05) is 12.2 Å². The molecular formula is C13H22O4. The van der Waals surface area contributed by atoms with E-state index in [0.29, 0.717) is 25.2 Å². The lowest BCUT2D eigenvalue weighted by molar-refractivity contribution is -0.136. The normalized spacial score (nSPS) is 21.3. The Morgan fingerprint density at radius 2 is 2.29 bits per heavy atom. The predicted octanol–water partition coefficient (Wildman–Crippen LogP) is 2.08. The van der Waals surface area contributed by atoms with Crippen molar-refractivity contribution in [3.63, 3.8) is 0 Å². The minimum absolute atomic E-state index is 0.223. The van der Waals surface area contributed by atoms with Gasteiger partial charge in [-0.05, 0) is 31.8 Å². The van der Waals surface area contributed by atoms with Crippen LogP contribution in [0.1, 0.15) is 32.6 Å². The largest absolute Gasteiger partial charge is 0.466 e. The van der Waals surface area contributed by atoms with E-state index in [9.17, 15) is 4.79 Å². The van der Waals surface area contributed by atoms with Crippen LogP contribution in [0.2, 0.25) is 0 Å². The first-order valence-corrected chi connectivity index (χ1v) is 6.24. The maximum absolute atomic E-state index is 11.3. The number of carbonyl (C=O) groups is 1. The molecule has 4 nitrogen and oxygen atoms in total. The zero-order chi connectivity index (χ0) is 12.5. The Morgan fingerprint density at radius 1 is 1.47 bits per heavy atom. The fraction of sp³-hybridized carbons (Fsp3) is 0.769. The van der Waals surface area contributed by atoms with Crippen LogP contribution < -0.4 is 0 Å². The van der Waals surface area contributed by atoms with Crippen molar-refractivity contribution in [2.24, 2.45) is 0 Å².